The zero-order chi connectivity index (χ0) is 14.5. The third kappa shape index (κ3) is 3.20. The lowest BCUT2D eigenvalue weighted by molar-refractivity contribution is 0.142. The quantitative estimate of drug-likeness (QED) is 0.817. The van der Waals surface area contributed by atoms with Gasteiger partial charge < -0.3 is 19.6 Å². The van der Waals surface area contributed by atoms with Crippen LogP contribution in [-0.4, -0.2) is 31.5 Å². The first-order valence-corrected chi connectivity index (χ1v) is 7.01. The number of furan rings is 1. The molecule has 2 unspecified atom stereocenters. The summed E-state index contributed by atoms with van der Waals surface area (Å²) in [6, 6.07) is 8.25. The van der Waals surface area contributed by atoms with Crippen molar-refractivity contribution in [2.24, 2.45) is 0 Å². The molecule has 4 nitrogen and oxygen atoms in total. The smallest absolute Gasteiger partial charge is 0.134 e. The van der Waals surface area contributed by atoms with E-state index in [0.29, 0.717) is 13.0 Å². The number of hydrogen-bond acceptors (Lipinski definition) is 4. The summed E-state index contributed by atoms with van der Waals surface area (Å²) in [5.74, 6) is 0.949. The van der Waals surface area contributed by atoms with Crippen LogP contribution in [0.3, 0.4) is 0 Å². The lowest BCUT2D eigenvalue weighted by Crippen LogP contribution is -2.36. The van der Waals surface area contributed by atoms with E-state index in [-0.39, 0.29) is 18.7 Å². The molecule has 0 spiro atoms. The highest BCUT2D eigenvalue weighted by molar-refractivity contribution is 5.82. The number of rotatable bonds is 7. The number of nitrogens with one attached hydrogen (secondary N) is 1. The number of aryl methyl sites for hydroxylation is 1. The standard InChI is InChI=1S/C16H23NO3/c1-11-14-6-4-5-7-15(14)20-16(11)12(2)17-13(8-9-18)10-19-3/h4-7,12-13,17-18H,8-10H2,1-3H3. The average Bonchev–Trinajstić information content (AvgIpc) is 2.77. The molecule has 2 N–H and O–H groups in total. The Morgan fingerprint density at radius 2 is 2.10 bits per heavy atom. The van der Waals surface area contributed by atoms with Crippen LogP contribution in [0.15, 0.2) is 28.7 Å². The van der Waals surface area contributed by atoms with Crippen molar-refractivity contribution >= 4 is 11.0 Å². The van der Waals surface area contributed by atoms with Gasteiger partial charge in [0.15, 0.2) is 0 Å². The summed E-state index contributed by atoms with van der Waals surface area (Å²) in [5.41, 5.74) is 2.08. The molecule has 2 aromatic rings. The fourth-order valence-electron chi connectivity index (χ4n) is 2.61. The van der Waals surface area contributed by atoms with E-state index < -0.39 is 0 Å². The number of hydrogen-bond donors (Lipinski definition) is 2. The topological polar surface area (TPSA) is 54.6 Å². The molecule has 0 saturated heterocycles. The second-order valence-electron chi connectivity index (χ2n) is 5.14. The summed E-state index contributed by atoms with van der Waals surface area (Å²) < 4.78 is 11.1. The Labute approximate surface area is 119 Å². The number of ether oxygens (including phenoxy) is 1. The van der Waals surface area contributed by atoms with Crippen molar-refractivity contribution in [3.8, 4) is 0 Å². The van der Waals surface area contributed by atoms with Crippen LogP contribution in [0.25, 0.3) is 11.0 Å². The van der Waals surface area contributed by atoms with Crippen LogP contribution in [0.4, 0.5) is 0 Å². The second-order valence-corrected chi connectivity index (χ2v) is 5.14. The van der Waals surface area contributed by atoms with Gasteiger partial charge in [0.05, 0.1) is 12.6 Å². The molecule has 1 aromatic heterocycles. The molecule has 0 amide bonds. The van der Waals surface area contributed by atoms with E-state index in [1.807, 2.05) is 18.2 Å². The molecule has 0 saturated carbocycles. The summed E-state index contributed by atoms with van der Waals surface area (Å²) >= 11 is 0. The molecule has 2 rings (SSSR count). The first-order valence-electron chi connectivity index (χ1n) is 7.01. The van der Waals surface area contributed by atoms with Gasteiger partial charge in [-0.2, -0.15) is 0 Å². The van der Waals surface area contributed by atoms with Crippen molar-refractivity contribution in [3.63, 3.8) is 0 Å². The van der Waals surface area contributed by atoms with E-state index in [2.05, 4.69) is 25.2 Å². The maximum absolute atomic E-state index is 9.10. The van der Waals surface area contributed by atoms with E-state index in [4.69, 9.17) is 14.3 Å². The number of fused-ring (bicyclic) bond motifs is 1. The minimum atomic E-state index is 0.0779. The average molecular weight is 277 g/mol. The van der Waals surface area contributed by atoms with Gasteiger partial charge in [-0.3, -0.25) is 0 Å². The molecule has 0 fully saturated rings. The number of aliphatic hydroxyl groups excluding tert-OH is 1. The summed E-state index contributed by atoms with van der Waals surface area (Å²) in [7, 11) is 1.67. The highest BCUT2D eigenvalue weighted by Crippen LogP contribution is 2.29. The molecule has 0 aliphatic carbocycles. The molecule has 0 aliphatic heterocycles. The fraction of sp³-hybridized carbons (Fsp3) is 0.500. The number of benzene rings is 1. The van der Waals surface area contributed by atoms with Gasteiger partial charge >= 0.3 is 0 Å². The van der Waals surface area contributed by atoms with Gasteiger partial charge in [0, 0.05) is 25.1 Å². The molecule has 0 aliphatic rings. The lowest BCUT2D eigenvalue weighted by Gasteiger charge is -2.21. The number of methoxy groups -OCH3 is 1. The Morgan fingerprint density at radius 1 is 1.35 bits per heavy atom. The van der Waals surface area contributed by atoms with Crippen LogP contribution in [0.2, 0.25) is 0 Å². The van der Waals surface area contributed by atoms with Gasteiger partial charge in [0.1, 0.15) is 11.3 Å². The van der Waals surface area contributed by atoms with Crippen molar-refractivity contribution in [3.05, 3.63) is 35.6 Å². The largest absolute Gasteiger partial charge is 0.459 e. The summed E-state index contributed by atoms with van der Waals surface area (Å²) in [4.78, 5) is 0. The maximum Gasteiger partial charge on any atom is 0.134 e. The van der Waals surface area contributed by atoms with Gasteiger partial charge in [-0.05, 0) is 31.9 Å². The van der Waals surface area contributed by atoms with E-state index in [0.717, 1.165) is 16.7 Å². The second kappa shape index (κ2) is 6.88. The highest BCUT2D eigenvalue weighted by Gasteiger charge is 2.19. The van der Waals surface area contributed by atoms with E-state index in [1.54, 1.807) is 7.11 Å². The van der Waals surface area contributed by atoms with E-state index in [9.17, 15) is 0 Å². The highest BCUT2D eigenvalue weighted by atomic mass is 16.5. The Hall–Kier alpha value is -1.36. The molecule has 0 bridgehead atoms. The molecule has 2 atom stereocenters. The minimum absolute atomic E-state index is 0.0779. The predicted octanol–water partition coefficient (Wildman–Crippen LogP) is 2.79. The van der Waals surface area contributed by atoms with Crippen molar-refractivity contribution in [2.45, 2.75) is 32.4 Å². The molecule has 1 heterocycles. The Balaban J connectivity index is 2.17. The van der Waals surface area contributed by atoms with Crippen LogP contribution in [-0.2, 0) is 4.74 Å². The summed E-state index contributed by atoms with van der Waals surface area (Å²) in [6.45, 7) is 4.87. The molecular weight excluding hydrogens is 254 g/mol. The van der Waals surface area contributed by atoms with E-state index in [1.165, 1.54) is 5.56 Å². The summed E-state index contributed by atoms with van der Waals surface area (Å²) in [6.07, 6.45) is 0.664. The van der Waals surface area contributed by atoms with Crippen molar-refractivity contribution in [2.75, 3.05) is 20.3 Å². The molecule has 4 heteroatoms. The molecule has 20 heavy (non-hydrogen) atoms. The van der Waals surface area contributed by atoms with Crippen LogP contribution >= 0.6 is 0 Å². The zero-order valence-electron chi connectivity index (χ0n) is 12.3. The van der Waals surface area contributed by atoms with Crippen molar-refractivity contribution in [1.29, 1.82) is 0 Å². The van der Waals surface area contributed by atoms with Gasteiger partial charge in [-0.15, -0.1) is 0 Å². The van der Waals surface area contributed by atoms with Gasteiger partial charge in [0.25, 0.3) is 0 Å². The molecular formula is C16H23NO3. The molecule has 1 aromatic carbocycles. The number of aliphatic hydroxyl groups is 1. The van der Waals surface area contributed by atoms with Crippen LogP contribution < -0.4 is 5.32 Å². The predicted molar refractivity (Wildman–Crippen MR) is 79.9 cm³/mol. The SMILES string of the molecule is COCC(CCO)NC(C)c1oc2ccccc2c1C. The molecule has 110 valence electrons. The number of para-hydroxylation sites is 1. The van der Waals surface area contributed by atoms with Crippen molar-refractivity contribution < 1.29 is 14.3 Å². The third-order valence-corrected chi connectivity index (χ3v) is 3.60. The van der Waals surface area contributed by atoms with Crippen molar-refractivity contribution in [1.82, 2.24) is 5.32 Å². The normalized spacial score (nSPS) is 14.6. The maximum atomic E-state index is 9.10. The van der Waals surface area contributed by atoms with Crippen LogP contribution in [0, 0.1) is 6.92 Å². The van der Waals surface area contributed by atoms with Gasteiger partial charge in [-0.25, -0.2) is 0 Å². The van der Waals surface area contributed by atoms with Crippen LogP contribution in [0.1, 0.15) is 30.7 Å². The Bertz CT molecular complexity index is 544. The Kier molecular flexibility index (Phi) is 5.17. The third-order valence-electron chi connectivity index (χ3n) is 3.60. The first-order chi connectivity index (χ1) is 9.67. The monoisotopic (exact) mass is 277 g/mol. The van der Waals surface area contributed by atoms with E-state index >= 15 is 0 Å². The van der Waals surface area contributed by atoms with Gasteiger partial charge in [0.2, 0.25) is 0 Å². The lowest BCUT2D eigenvalue weighted by atomic mass is 10.1. The fourth-order valence-corrected chi connectivity index (χ4v) is 2.61. The first kappa shape index (κ1) is 15.0. The molecule has 0 radical (unpaired) electrons. The van der Waals surface area contributed by atoms with Crippen LogP contribution in [0.5, 0.6) is 0 Å². The minimum Gasteiger partial charge on any atom is -0.459 e. The Morgan fingerprint density at radius 3 is 2.75 bits per heavy atom. The zero-order valence-corrected chi connectivity index (χ0v) is 12.3. The summed E-state index contributed by atoms with van der Waals surface area (Å²) in [5, 5.41) is 13.7. The van der Waals surface area contributed by atoms with Gasteiger partial charge in [-0.1, -0.05) is 18.2 Å².